The molecule has 2 aromatic carbocycles. The highest BCUT2D eigenvalue weighted by Crippen LogP contribution is 2.24. The normalized spacial score (nSPS) is 11.2. The fourth-order valence-corrected chi connectivity index (χ4v) is 1.63. The standard InChI is InChI=1S/C10H6FN3/c11-8-5-9-10(13-14-12-9)7-4-2-1-3-6(7)8/h1-5H,(H,12,13,14). The van der Waals surface area contributed by atoms with Gasteiger partial charge in [0.2, 0.25) is 0 Å². The van der Waals surface area contributed by atoms with Crippen LogP contribution in [0.4, 0.5) is 4.39 Å². The van der Waals surface area contributed by atoms with E-state index in [4.69, 9.17) is 0 Å². The van der Waals surface area contributed by atoms with Crippen molar-refractivity contribution in [2.45, 2.75) is 0 Å². The highest BCUT2D eigenvalue weighted by Gasteiger charge is 2.07. The van der Waals surface area contributed by atoms with Gasteiger partial charge in [0, 0.05) is 16.8 Å². The highest BCUT2D eigenvalue weighted by atomic mass is 19.1. The molecule has 0 bridgehead atoms. The second-order valence-corrected chi connectivity index (χ2v) is 3.10. The Hall–Kier alpha value is -1.97. The van der Waals surface area contributed by atoms with Gasteiger partial charge in [-0.1, -0.05) is 24.3 Å². The van der Waals surface area contributed by atoms with Gasteiger partial charge >= 0.3 is 0 Å². The lowest BCUT2D eigenvalue weighted by Gasteiger charge is -1.98. The predicted molar refractivity (Wildman–Crippen MR) is 51.4 cm³/mol. The summed E-state index contributed by atoms with van der Waals surface area (Å²) in [4.78, 5) is 0. The number of benzene rings is 2. The average Bonchev–Trinajstić information content (AvgIpc) is 2.66. The van der Waals surface area contributed by atoms with Gasteiger partial charge in [-0.15, -0.1) is 0 Å². The first-order chi connectivity index (χ1) is 6.86. The van der Waals surface area contributed by atoms with Crippen LogP contribution in [0.1, 0.15) is 0 Å². The van der Waals surface area contributed by atoms with Crippen molar-refractivity contribution in [3.63, 3.8) is 0 Å². The molecule has 14 heavy (non-hydrogen) atoms. The molecular formula is C10H6FN3. The van der Waals surface area contributed by atoms with Gasteiger partial charge < -0.3 is 0 Å². The van der Waals surface area contributed by atoms with E-state index in [1.54, 1.807) is 12.1 Å². The number of aromatic nitrogens is 3. The molecule has 0 radical (unpaired) electrons. The molecule has 0 saturated carbocycles. The van der Waals surface area contributed by atoms with Crippen LogP contribution in [0.2, 0.25) is 0 Å². The van der Waals surface area contributed by atoms with E-state index in [1.165, 1.54) is 6.07 Å². The largest absolute Gasteiger partial charge is 0.206 e. The molecule has 0 saturated heterocycles. The summed E-state index contributed by atoms with van der Waals surface area (Å²) in [6, 6.07) is 8.62. The fourth-order valence-electron chi connectivity index (χ4n) is 1.63. The zero-order valence-corrected chi connectivity index (χ0v) is 7.16. The molecule has 0 amide bonds. The van der Waals surface area contributed by atoms with Crippen LogP contribution in [0.25, 0.3) is 21.8 Å². The minimum atomic E-state index is -0.262. The quantitative estimate of drug-likeness (QED) is 0.586. The molecule has 0 fully saturated rings. The minimum Gasteiger partial charge on any atom is -0.206 e. The van der Waals surface area contributed by atoms with Crippen LogP contribution in [0.5, 0.6) is 0 Å². The molecule has 1 N–H and O–H groups in total. The molecule has 0 aliphatic carbocycles. The van der Waals surface area contributed by atoms with Gasteiger partial charge in [-0.2, -0.15) is 15.4 Å². The third kappa shape index (κ3) is 0.849. The van der Waals surface area contributed by atoms with Crippen LogP contribution in [0.15, 0.2) is 30.3 Å². The number of hydrogen-bond donors (Lipinski definition) is 1. The van der Waals surface area contributed by atoms with Gasteiger partial charge in [-0.25, -0.2) is 4.39 Å². The van der Waals surface area contributed by atoms with E-state index in [0.29, 0.717) is 16.4 Å². The third-order valence-electron chi connectivity index (χ3n) is 2.28. The summed E-state index contributed by atoms with van der Waals surface area (Å²) in [6.45, 7) is 0. The molecule has 3 rings (SSSR count). The minimum absolute atomic E-state index is 0.262. The maximum absolute atomic E-state index is 13.5. The summed E-state index contributed by atoms with van der Waals surface area (Å²) in [7, 11) is 0. The van der Waals surface area contributed by atoms with Crippen LogP contribution in [-0.4, -0.2) is 15.4 Å². The molecular weight excluding hydrogens is 181 g/mol. The number of rotatable bonds is 0. The van der Waals surface area contributed by atoms with E-state index in [0.717, 1.165) is 5.39 Å². The lowest BCUT2D eigenvalue weighted by Crippen LogP contribution is -1.81. The summed E-state index contributed by atoms with van der Waals surface area (Å²) >= 11 is 0. The third-order valence-corrected chi connectivity index (χ3v) is 2.28. The van der Waals surface area contributed by atoms with Crippen LogP contribution in [0.3, 0.4) is 0 Å². The zero-order chi connectivity index (χ0) is 9.54. The SMILES string of the molecule is Fc1cc2n[nH]nc2c2ccccc12. The van der Waals surface area contributed by atoms with Gasteiger partial charge in [0.05, 0.1) is 0 Å². The molecule has 0 unspecified atom stereocenters. The van der Waals surface area contributed by atoms with E-state index in [-0.39, 0.29) is 5.82 Å². The molecule has 0 atom stereocenters. The van der Waals surface area contributed by atoms with Gasteiger partial charge in [-0.3, -0.25) is 0 Å². The topological polar surface area (TPSA) is 41.6 Å². The summed E-state index contributed by atoms with van der Waals surface area (Å²) < 4.78 is 13.5. The van der Waals surface area contributed by atoms with E-state index in [9.17, 15) is 4.39 Å². The van der Waals surface area contributed by atoms with Gasteiger partial charge in [-0.05, 0) is 0 Å². The van der Waals surface area contributed by atoms with Crippen molar-refractivity contribution in [2.24, 2.45) is 0 Å². The van der Waals surface area contributed by atoms with Crippen LogP contribution in [-0.2, 0) is 0 Å². The van der Waals surface area contributed by atoms with Gasteiger partial charge in [0.1, 0.15) is 16.9 Å². The molecule has 68 valence electrons. The Labute approximate surface area is 78.5 Å². The monoisotopic (exact) mass is 187 g/mol. The number of nitrogens with one attached hydrogen (secondary N) is 1. The molecule has 0 spiro atoms. The van der Waals surface area contributed by atoms with Crippen molar-refractivity contribution in [1.29, 1.82) is 0 Å². The fraction of sp³-hybridized carbons (Fsp3) is 0. The van der Waals surface area contributed by atoms with E-state index in [2.05, 4.69) is 15.4 Å². The molecule has 0 aliphatic rings. The second-order valence-electron chi connectivity index (χ2n) is 3.10. The number of aromatic amines is 1. The predicted octanol–water partition coefficient (Wildman–Crippen LogP) is 2.25. The number of nitrogens with zero attached hydrogens (tertiary/aromatic N) is 2. The van der Waals surface area contributed by atoms with Crippen molar-refractivity contribution in [2.75, 3.05) is 0 Å². The Morgan fingerprint density at radius 2 is 1.86 bits per heavy atom. The van der Waals surface area contributed by atoms with E-state index in [1.807, 2.05) is 12.1 Å². The number of fused-ring (bicyclic) bond motifs is 3. The summed E-state index contributed by atoms with van der Waals surface area (Å²) in [5.41, 5.74) is 1.27. The van der Waals surface area contributed by atoms with Gasteiger partial charge in [0.15, 0.2) is 0 Å². The van der Waals surface area contributed by atoms with Crippen LogP contribution >= 0.6 is 0 Å². The number of H-pyrrole nitrogens is 1. The lowest BCUT2D eigenvalue weighted by atomic mass is 10.1. The molecule has 1 heterocycles. The van der Waals surface area contributed by atoms with Crippen molar-refractivity contribution in [1.82, 2.24) is 15.4 Å². The average molecular weight is 187 g/mol. The molecule has 3 nitrogen and oxygen atoms in total. The Morgan fingerprint density at radius 1 is 1.07 bits per heavy atom. The molecule has 4 heteroatoms. The highest BCUT2D eigenvalue weighted by molar-refractivity contribution is 6.03. The molecule has 3 aromatic rings. The van der Waals surface area contributed by atoms with E-state index < -0.39 is 0 Å². The Balaban J connectivity index is 2.67. The Kier molecular flexibility index (Phi) is 1.33. The van der Waals surface area contributed by atoms with Crippen molar-refractivity contribution < 1.29 is 4.39 Å². The summed E-state index contributed by atoms with van der Waals surface area (Å²) in [5, 5.41) is 11.7. The second kappa shape index (κ2) is 2.51. The first kappa shape index (κ1) is 7.44. The van der Waals surface area contributed by atoms with Crippen LogP contribution in [0, 0.1) is 5.82 Å². The zero-order valence-electron chi connectivity index (χ0n) is 7.16. The maximum Gasteiger partial charge on any atom is 0.133 e. The van der Waals surface area contributed by atoms with Crippen LogP contribution < -0.4 is 0 Å². The molecule has 0 aliphatic heterocycles. The maximum atomic E-state index is 13.5. The number of halogens is 1. The Bertz CT molecular complexity index is 615. The number of hydrogen-bond acceptors (Lipinski definition) is 2. The smallest absolute Gasteiger partial charge is 0.133 e. The Morgan fingerprint density at radius 3 is 2.71 bits per heavy atom. The van der Waals surface area contributed by atoms with Crippen molar-refractivity contribution in [3.8, 4) is 0 Å². The van der Waals surface area contributed by atoms with Gasteiger partial charge in [0.25, 0.3) is 0 Å². The van der Waals surface area contributed by atoms with Crippen molar-refractivity contribution >= 4 is 21.8 Å². The first-order valence-electron chi connectivity index (χ1n) is 4.24. The van der Waals surface area contributed by atoms with E-state index >= 15 is 0 Å². The van der Waals surface area contributed by atoms with Crippen molar-refractivity contribution in [3.05, 3.63) is 36.1 Å². The lowest BCUT2D eigenvalue weighted by molar-refractivity contribution is 0.641. The first-order valence-corrected chi connectivity index (χ1v) is 4.24. The molecule has 1 aromatic heterocycles. The summed E-state index contributed by atoms with van der Waals surface area (Å²) in [5.74, 6) is -0.262. The summed E-state index contributed by atoms with van der Waals surface area (Å²) in [6.07, 6.45) is 0.